The van der Waals surface area contributed by atoms with Crippen LogP contribution in [0.5, 0.6) is 0 Å². The standard InChI is InChI=1S/C12H17NO3S/c1-12(2,3)9-5-4-8(17-9)11(16)13-7-6-10(14)15/h4-5H,6-7H2,1-3H3,(H,13,16)(H,14,15). The number of aliphatic carboxylic acids is 1. The molecule has 0 bridgehead atoms. The summed E-state index contributed by atoms with van der Waals surface area (Å²) in [5.41, 5.74) is 0.0320. The third-order valence-electron chi connectivity index (χ3n) is 2.19. The molecule has 1 rings (SSSR count). The maximum atomic E-state index is 11.7. The molecule has 0 atom stereocenters. The van der Waals surface area contributed by atoms with Crippen LogP contribution in [0.25, 0.3) is 0 Å². The summed E-state index contributed by atoms with van der Waals surface area (Å²) < 4.78 is 0. The normalized spacial score (nSPS) is 11.2. The highest BCUT2D eigenvalue weighted by molar-refractivity contribution is 7.14. The first-order chi connectivity index (χ1) is 7.80. The number of carbonyl (C=O) groups is 2. The van der Waals surface area contributed by atoms with Crippen molar-refractivity contribution < 1.29 is 14.7 Å². The second-order valence-electron chi connectivity index (χ2n) is 4.81. The molecular formula is C12H17NO3S. The molecule has 0 aliphatic carbocycles. The second-order valence-corrected chi connectivity index (χ2v) is 5.90. The lowest BCUT2D eigenvalue weighted by atomic mass is 9.95. The molecule has 0 aromatic carbocycles. The molecule has 17 heavy (non-hydrogen) atoms. The van der Waals surface area contributed by atoms with Crippen molar-refractivity contribution in [1.29, 1.82) is 0 Å². The SMILES string of the molecule is CC(C)(C)c1ccc(C(=O)NCCC(=O)O)s1. The minimum absolute atomic E-state index is 0.0320. The number of hydrogen-bond acceptors (Lipinski definition) is 3. The van der Waals surface area contributed by atoms with Crippen LogP contribution in [0, 0.1) is 0 Å². The van der Waals surface area contributed by atoms with E-state index in [9.17, 15) is 9.59 Å². The van der Waals surface area contributed by atoms with Crippen molar-refractivity contribution in [3.63, 3.8) is 0 Å². The van der Waals surface area contributed by atoms with Gasteiger partial charge >= 0.3 is 5.97 Å². The first-order valence-corrected chi connectivity index (χ1v) is 6.22. The molecule has 1 aromatic heterocycles. The van der Waals surface area contributed by atoms with E-state index in [-0.39, 0.29) is 24.3 Å². The number of amides is 1. The molecule has 2 N–H and O–H groups in total. The summed E-state index contributed by atoms with van der Waals surface area (Å²) in [4.78, 5) is 23.7. The zero-order chi connectivity index (χ0) is 13.1. The fraction of sp³-hybridized carbons (Fsp3) is 0.500. The van der Waals surface area contributed by atoms with Gasteiger partial charge in [-0.15, -0.1) is 11.3 Å². The van der Waals surface area contributed by atoms with Crippen LogP contribution in [-0.2, 0) is 10.2 Å². The molecule has 0 fully saturated rings. The van der Waals surface area contributed by atoms with Gasteiger partial charge in [-0.25, -0.2) is 0 Å². The van der Waals surface area contributed by atoms with E-state index in [1.54, 1.807) is 6.07 Å². The molecule has 94 valence electrons. The van der Waals surface area contributed by atoms with E-state index in [1.165, 1.54) is 11.3 Å². The van der Waals surface area contributed by atoms with Crippen molar-refractivity contribution in [3.05, 3.63) is 21.9 Å². The van der Waals surface area contributed by atoms with Gasteiger partial charge in [-0.05, 0) is 17.5 Å². The maximum absolute atomic E-state index is 11.7. The zero-order valence-electron chi connectivity index (χ0n) is 10.2. The molecule has 0 aliphatic heterocycles. The van der Waals surface area contributed by atoms with Crippen LogP contribution >= 0.6 is 11.3 Å². The lowest BCUT2D eigenvalue weighted by Gasteiger charge is -2.15. The summed E-state index contributed by atoms with van der Waals surface area (Å²) in [5, 5.41) is 11.0. The molecule has 1 heterocycles. The number of rotatable bonds is 4. The topological polar surface area (TPSA) is 66.4 Å². The predicted molar refractivity (Wildman–Crippen MR) is 67.6 cm³/mol. The Morgan fingerprint density at radius 1 is 1.35 bits per heavy atom. The number of thiophene rings is 1. The summed E-state index contributed by atoms with van der Waals surface area (Å²) in [6, 6.07) is 3.72. The van der Waals surface area contributed by atoms with Crippen LogP contribution in [0.4, 0.5) is 0 Å². The quantitative estimate of drug-likeness (QED) is 0.867. The van der Waals surface area contributed by atoms with E-state index >= 15 is 0 Å². The Kier molecular flexibility index (Phi) is 4.28. The third-order valence-corrected chi connectivity index (χ3v) is 3.70. The summed E-state index contributed by atoms with van der Waals surface area (Å²) in [7, 11) is 0. The Labute approximate surface area is 105 Å². The Hall–Kier alpha value is -1.36. The van der Waals surface area contributed by atoms with E-state index in [0.29, 0.717) is 4.88 Å². The van der Waals surface area contributed by atoms with Gasteiger partial charge in [0, 0.05) is 11.4 Å². The first kappa shape index (κ1) is 13.7. The largest absolute Gasteiger partial charge is 0.481 e. The Morgan fingerprint density at radius 2 is 2.00 bits per heavy atom. The fourth-order valence-electron chi connectivity index (χ4n) is 1.23. The Balaban J connectivity index is 2.58. The van der Waals surface area contributed by atoms with Crippen molar-refractivity contribution in [2.45, 2.75) is 32.6 Å². The highest BCUT2D eigenvalue weighted by Gasteiger charge is 2.18. The summed E-state index contributed by atoms with van der Waals surface area (Å²) >= 11 is 1.45. The molecule has 0 unspecified atom stereocenters. The molecule has 1 amide bonds. The van der Waals surface area contributed by atoms with Gasteiger partial charge in [0.2, 0.25) is 0 Å². The fourth-order valence-corrected chi connectivity index (χ4v) is 2.21. The average Bonchev–Trinajstić information content (AvgIpc) is 2.64. The summed E-state index contributed by atoms with van der Waals surface area (Å²) in [6.07, 6.45) is -0.0523. The Bertz CT molecular complexity index is 418. The predicted octanol–water partition coefficient (Wildman–Crippen LogP) is 2.25. The van der Waals surface area contributed by atoms with Crippen LogP contribution in [-0.4, -0.2) is 23.5 Å². The monoisotopic (exact) mass is 255 g/mol. The van der Waals surface area contributed by atoms with Crippen LogP contribution in [0.2, 0.25) is 0 Å². The van der Waals surface area contributed by atoms with Crippen molar-refractivity contribution in [2.24, 2.45) is 0 Å². The third kappa shape index (κ3) is 4.19. The van der Waals surface area contributed by atoms with E-state index in [0.717, 1.165) is 4.88 Å². The highest BCUT2D eigenvalue weighted by atomic mass is 32.1. The van der Waals surface area contributed by atoms with Gasteiger partial charge in [0.25, 0.3) is 5.91 Å². The highest BCUT2D eigenvalue weighted by Crippen LogP contribution is 2.29. The zero-order valence-corrected chi connectivity index (χ0v) is 11.1. The number of hydrogen-bond donors (Lipinski definition) is 2. The summed E-state index contributed by atoms with van der Waals surface area (Å²) in [6.45, 7) is 6.43. The number of nitrogens with one attached hydrogen (secondary N) is 1. The molecule has 0 spiro atoms. The van der Waals surface area contributed by atoms with Crippen molar-refractivity contribution in [1.82, 2.24) is 5.32 Å². The molecule has 0 saturated carbocycles. The van der Waals surface area contributed by atoms with Crippen LogP contribution in [0.3, 0.4) is 0 Å². The lowest BCUT2D eigenvalue weighted by Crippen LogP contribution is -2.25. The van der Waals surface area contributed by atoms with Gasteiger partial charge in [-0.3, -0.25) is 9.59 Å². The van der Waals surface area contributed by atoms with E-state index in [1.807, 2.05) is 6.07 Å². The van der Waals surface area contributed by atoms with Gasteiger partial charge in [-0.1, -0.05) is 20.8 Å². The van der Waals surface area contributed by atoms with Gasteiger partial charge < -0.3 is 10.4 Å². The smallest absolute Gasteiger partial charge is 0.305 e. The molecule has 0 radical (unpaired) electrons. The number of carboxylic acids is 1. The lowest BCUT2D eigenvalue weighted by molar-refractivity contribution is -0.136. The number of carboxylic acid groups (broad SMARTS) is 1. The minimum Gasteiger partial charge on any atom is -0.481 e. The van der Waals surface area contributed by atoms with Gasteiger partial charge in [0.1, 0.15) is 0 Å². The first-order valence-electron chi connectivity index (χ1n) is 5.41. The maximum Gasteiger partial charge on any atom is 0.305 e. The molecule has 1 aromatic rings. The average molecular weight is 255 g/mol. The van der Waals surface area contributed by atoms with Crippen LogP contribution in [0.15, 0.2) is 12.1 Å². The van der Waals surface area contributed by atoms with Gasteiger partial charge in [0.05, 0.1) is 11.3 Å². The van der Waals surface area contributed by atoms with Crippen LogP contribution < -0.4 is 5.32 Å². The van der Waals surface area contributed by atoms with Crippen molar-refractivity contribution >= 4 is 23.2 Å². The Morgan fingerprint density at radius 3 is 2.47 bits per heavy atom. The van der Waals surface area contributed by atoms with Gasteiger partial charge in [-0.2, -0.15) is 0 Å². The molecule has 0 aliphatic rings. The number of carbonyl (C=O) groups excluding carboxylic acids is 1. The molecular weight excluding hydrogens is 238 g/mol. The second kappa shape index (κ2) is 5.31. The van der Waals surface area contributed by atoms with Gasteiger partial charge in [0.15, 0.2) is 0 Å². The van der Waals surface area contributed by atoms with Crippen LogP contribution in [0.1, 0.15) is 41.7 Å². The molecule has 0 saturated heterocycles. The van der Waals surface area contributed by atoms with Crippen molar-refractivity contribution in [2.75, 3.05) is 6.54 Å². The molecule has 4 nitrogen and oxygen atoms in total. The van der Waals surface area contributed by atoms with Crippen molar-refractivity contribution in [3.8, 4) is 0 Å². The summed E-state index contributed by atoms with van der Waals surface area (Å²) in [5.74, 6) is -1.11. The van der Waals surface area contributed by atoms with E-state index < -0.39 is 5.97 Å². The van der Waals surface area contributed by atoms with E-state index in [2.05, 4.69) is 26.1 Å². The molecule has 5 heteroatoms. The van der Waals surface area contributed by atoms with E-state index in [4.69, 9.17) is 5.11 Å². The minimum atomic E-state index is -0.910.